The van der Waals surface area contributed by atoms with Gasteiger partial charge in [0, 0.05) is 53.8 Å². The van der Waals surface area contributed by atoms with E-state index in [0.29, 0.717) is 0 Å². The highest BCUT2D eigenvalue weighted by atomic mass is 32.1. The second-order valence-electron chi connectivity index (χ2n) is 25.8. The smallest absolute Gasteiger partial charge is 0.264 e. The predicted molar refractivity (Wildman–Crippen MR) is 347 cm³/mol. The lowest BCUT2D eigenvalue weighted by Crippen LogP contribution is -2.61. The first-order chi connectivity index (χ1) is 39.1. The van der Waals surface area contributed by atoms with Crippen molar-refractivity contribution in [2.75, 3.05) is 14.7 Å². The molecule has 3 aliphatic heterocycles. The van der Waals surface area contributed by atoms with E-state index in [-0.39, 0.29) is 23.0 Å². The number of nitrogens with zero attached hydrogens (tertiary/aromatic N) is 4. The van der Waals surface area contributed by atoms with E-state index in [1.54, 1.807) is 0 Å². The predicted octanol–water partition coefficient (Wildman–Crippen LogP) is 19.3. The van der Waals surface area contributed by atoms with Crippen molar-refractivity contribution in [3.05, 3.63) is 223 Å². The number of furan rings is 1. The summed E-state index contributed by atoms with van der Waals surface area (Å²) in [6, 6.07) is 77.6. The normalized spacial score (nSPS) is 13.7. The fourth-order valence-corrected chi connectivity index (χ4v) is 14.9. The first-order valence-corrected chi connectivity index (χ1v) is 29.4. The Balaban J connectivity index is 1.12. The van der Waals surface area contributed by atoms with Crippen LogP contribution in [0.15, 0.2) is 211 Å². The van der Waals surface area contributed by atoms with Crippen LogP contribution in [-0.4, -0.2) is 11.3 Å². The summed E-state index contributed by atoms with van der Waals surface area (Å²) in [5.41, 5.74) is 24.4. The zero-order valence-corrected chi connectivity index (χ0v) is 48.1. The minimum atomic E-state index is -0.167. The molecule has 3 aromatic heterocycles. The number of aromatic nitrogens is 1. The summed E-state index contributed by atoms with van der Waals surface area (Å²) >= 11 is 1.96. The summed E-state index contributed by atoms with van der Waals surface area (Å²) < 4.78 is 12.1. The molecule has 6 heterocycles. The molecule has 10 aromatic carbocycles. The fraction of sp³-hybridized carbons (Fsp3) is 0.162. The third-order valence-electron chi connectivity index (χ3n) is 17.7. The quantitative estimate of drug-likeness (QED) is 0.161. The molecule has 0 radical (unpaired) electrons. The summed E-state index contributed by atoms with van der Waals surface area (Å²) in [4.78, 5) is 7.82. The number of benzene rings is 10. The van der Waals surface area contributed by atoms with Crippen LogP contribution < -0.4 is 30.4 Å². The number of rotatable bonds is 5. The molecule has 0 atom stereocenters. The minimum absolute atomic E-state index is 0.0347. The van der Waals surface area contributed by atoms with E-state index in [9.17, 15) is 0 Å². The highest BCUT2D eigenvalue weighted by Gasteiger charge is 2.49. The molecule has 7 heteroatoms. The number of anilines is 9. The van der Waals surface area contributed by atoms with E-state index in [1.165, 1.54) is 104 Å². The van der Waals surface area contributed by atoms with E-state index in [0.717, 1.165) is 50.4 Å². The van der Waals surface area contributed by atoms with Gasteiger partial charge < -0.3 is 23.7 Å². The Morgan fingerprint density at radius 3 is 1.72 bits per heavy atom. The van der Waals surface area contributed by atoms with Gasteiger partial charge in [-0.1, -0.05) is 172 Å². The van der Waals surface area contributed by atoms with Crippen molar-refractivity contribution in [1.82, 2.24) is 4.57 Å². The van der Waals surface area contributed by atoms with Crippen molar-refractivity contribution in [3.8, 4) is 16.8 Å². The molecular weight excluding hydrogens is 1000 g/mol. The van der Waals surface area contributed by atoms with Gasteiger partial charge in [-0.2, -0.15) is 0 Å². The van der Waals surface area contributed by atoms with Crippen LogP contribution in [0.25, 0.3) is 70.6 Å². The monoisotopic (exact) mass is 1060 g/mol. The third-order valence-corrected chi connectivity index (χ3v) is 18.9. The number of thiophene rings is 1. The Kier molecular flexibility index (Phi) is 10.0. The Bertz CT molecular complexity index is 4740. The van der Waals surface area contributed by atoms with Crippen LogP contribution in [-0.2, 0) is 16.2 Å². The molecule has 81 heavy (non-hydrogen) atoms. The minimum Gasteiger partial charge on any atom is -0.456 e. The van der Waals surface area contributed by atoms with Crippen LogP contribution in [0.1, 0.15) is 79.0 Å². The summed E-state index contributed by atoms with van der Waals surface area (Å²) in [6.07, 6.45) is 0. The molecule has 0 fully saturated rings. The van der Waals surface area contributed by atoms with Gasteiger partial charge in [0.25, 0.3) is 6.71 Å². The molecule has 0 bridgehead atoms. The lowest BCUT2D eigenvalue weighted by atomic mass is 9.35. The largest absolute Gasteiger partial charge is 0.456 e. The first kappa shape index (κ1) is 48.2. The maximum atomic E-state index is 6.82. The average molecular weight is 1070 g/mol. The fourth-order valence-electron chi connectivity index (χ4n) is 13.6. The van der Waals surface area contributed by atoms with Gasteiger partial charge in [-0.3, -0.25) is 0 Å². The lowest BCUT2D eigenvalue weighted by Gasteiger charge is -2.46. The van der Waals surface area contributed by atoms with Crippen LogP contribution in [0.5, 0.6) is 0 Å². The molecule has 0 spiro atoms. The molecule has 16 rings (SSSR count). The van der Waals surface area contributed by atoms with Gasteiger partial charge >= 0.3 is 0 Å². The lowest BCUT2D eigenvalue weighted by molar-refractivity contribution is 0.590. The van der Waals surface area contributed by atoms with Gasteiger partial charge in [0.1, 0.15) is 11.2 Å². The van der Waals surface area contributed by atoms with Gasteiger partial charge in [0.05, 0.1) is 50.5 Å². The maximum absolute atomic E-state index is 6.82. The molecule has 0 aliphatic carbocycles. The topological polar surface area (TPSA) is 27.8 Å². The summed E-state index contributed by atoms with van der Waals surface area (Å²) in [5.74, 6) is 0. The second kappa shape index (κ2) is 16.9. The Morgan fingerprint density at radius 1 is 0.420 bits per heavy atom. The zero-order valence-electron chi connectivity index (χ0n) is 47.3. The molecule has 5 nitrogen and oxygen atoms in total. The molecular formula is C74H61BN4OS. The average Bonchev–Trinajstić information content (AvgIpc) is 2.69. The molecule has 13 aromatic rings. The van der Waals surface area contributed by atoms with Crippen molar-refractivity contribution in [3.63, 3.8) is 0 Å². The second-order valence-corrected chi connectivity index (χ2v) is 26.9. The summed E-state index contributed by atoms with van der Waals surface area (Å²) in [5, 5.41) is 6.01. The van der Waals surface area contributed by atoms with Gasteiger partial charge in [0.15, 0.2) is 0 Å². The van der Waals surface area contributed by atoms with Crippen LogP contribution in [0.3, 0.4) is 0 Å². The number of hydrogen-bond donors (Lipinski definition) is 0. The Labute approximate surface area is 478 Å². The van der Waals surface area contributed by atoms with Crippen molar-refractivity contribution >= 4 is 139 Å². The molecule has 0 N–H and O–H groups in total. The number of hydrogen-bond acceptors (Lipinski definition) is 5. The molecule has 392 valence electrons. The van der Waals surface area contributed by atoms with Crippen LogP contribution in [0.4, 0.5) is 51.2 Å². The summed E-state index contributed by atoms with van der Waals surface area (Å²) in [6.45, 7) is 21.2. The SMILES string of the molecule is CC(C)(C)c1cc2c3c(c1)-n1c4ccc(C(C)(C)C)cc4c4cc(C(C)(C)C)cc(c41)N3c1cc(N(c3ccccc3)c3ccccc3)cc3c1B2c1sc2ccc(-c4ccccc4)cc2c1N3c1cccc2oc3ccccc3c12. The number of para-hydroxylation sites is 3. The van der Waals surface area contributed by atoms with Crippen molar-refractivity contribution in [2.45, 2.75) is 78.6 Å². The zero-order chi connectivity index (χ0) is 55.0. The van der Waals surface area contributed by atoms with Gasteiger partial charge in [-0.25, -0.2) is 0 Å². The van der Waals surface area contributed by atoms with E-state index in [1.807, 2.05) is 11.3 Å². The van der Waals surface area contributed by atoms with Crippen LogP contribution >= 0.6 is 11.3 Å². The summed E-state index contributed by atoms with van der Waals surface area (Å²) in [7, 11) is 0. The molecule has 0 saturated heterocycles. The highest BCUT2D eigenvalue weighted by Crippen LogP contribution is 2.57. The van der Waals surface area contributed by atoms with Crippen molar-refractivity contribution in [2.24, 2.45) is 0 Å². The first-order valence-electron chi connectivity index (χ1n) is 28.6. The highest BCUT2D eigenvalue weighted by molar-refractivity contribution is 7.33. The van der Waals surface area contributed by atoms with Crippen LogP contribution in [0, 0.1) is 0 Å². The van der Waals surface area contributed by atoms with Gasteiger partial charge in [0.2, 0.25) is 0 Å². The van der Waals surface area contributed by atoms with E-state index in [2.05, 4.69) is 288 Å². The van der Waals surface area contributed by atoms with Gasteiger partial charge in [-0.15, -0.1) is 11.3 Å². The standard InChI is InChI=1S/C74H61BN4OS/c1-72(2,3)46-33-34-57-53(37-46)54-38-47(73(4,5)6)40-61-68(54)77(57)62-41-48(74(7,8)9)39-56-70(62)79(61)60-43-51(76(49-24-15-11-16-25-49)50-26-17-12-18-27-50)42-59-67(60)75(56)71-69(55-36-45(32-35-65(55)81-71)44-22-13-10-14-23-44)78(59)58-29-21-31-64-66(58)52-28-19-20-30-63(52)80-64/h10-43H,1-9H3. The van der Waals surface area contributed by atoms with E-state index < -0.39 is 0 Å². The Morgan fingerprint density at radius 2 is 1.02 bits per heavy atom. The van der Waals surface area contributed by atoms with Crippen molar-refractivity contribution in [1.29, 1.82) is 0 Å². The van der Waals surface area contributed by atoms with Crippen molar-refractivity contribution < 1.29 is 4.42 Å². The third kappa shape index (κ3) is 7.04. The van der Waals surface area contributed by atoms with E-state index in [4.69, 9.17) is 4.42 Å². The van der Waals surface area contributed by atoms with Gasteiger partial charge in [-0.05, 0) is 152 Å². The maximum Gasteiger partial charge on any atom is 0.264 e. The van der Waals surface area contributed by atoms with Crippen LogP contribution in [0.2, 0.25) is 0 Å². The molecule has 0 saturated carbocycles. The molecule has 3 aliphatic rings. The Hall–Kier alpha value is -8.78. The molecule has 0 unspecified atom stereocenters. The van der Waals surface area contributed by atoms with E-state index >= 15 is 0 Å². The molecule has 0 amide bonds. The number of fused-ring (bicyclic) bond motifs is 14.